The van der Waals surface area contributed by atoms with Gasteiger partial charge in [-0.2, -0.15) is 5.10 Å². The molecule has 0 aromatic rings. The van der Waals surface area contributed by atoms with Crippen molar-refractivity contribution in [3.63, 3.8) is 0 Å². The van der Waals surface area contributed by atoms with Crippen LogP contribution in [0.1, 0.15) is 6.92 Å². The SMILES string of the molecule is CCS(=O)C1NN=C(C(Cl)(Cl)Cl)S1. The van der Waals surface area contributed by atoms with E-state index in [0.29, 0.717) is 10.8 Å². The molecule has 0 saturated carbocycles. The van der Waals surface area contributed by atoms with Crippen LogP contribution in [-0.4, -0.2) is 23.5 Å². The highest BCUT2D eigenvalue weighted by molar-refractivity contribution is 8.22. The molecule has 0 saturated heterocycles. The molecule has 2 unspecified atom stereocenters. The molecule has 0 aromatic carbocycles. The van der Waals surface area contributed by atoms with E-state index in [-0.39, 0.29) is 4.71 Å². The number of nitrogens with zero attached hydrogens (tertiary/aromatic N) is 1. The molecule has 1 aliphatic rings. The molecule has 8 heteroatoms. The van der Waals surface area contributed by atoms with Crippen LogP contribution >= 0.6 is 46.6 Å². The van der Waals surface area contributed by atoms with Crippen molar-refractivity contribution in [1.29, 1.82) is 0 Å². The van der Waals surface area contributed by atoms with Gasteiger partial charge < -0.3 is 0 Å². The van der Waals surface area contributed by atoms with Gasteiger partial charge in [0.25, 0.3) is 0 Å². The average molecular weight is 282 g/mol. The highest BCUT2D eigenvalue weighted by Crippen LogP contribution is 2.37. The monoisotopic (exact) mass is 280 g/mol. The van der Waals surface area contributed by atoms with E-state index in [9.17, 15) is 4.21 Å². The van der Waals surface area contributed by atoms with Crippen LogP contribution in [0.5, 0.6) is 0 Å². The van der Waals surface area contributed by atoms with Gasteiger partial charge in [0.2, 0.25) is 3.79 Å². The van der Waals surface area contributed by atoms with Crippen LogP contribution in [0.4, 0.5) is 0 Å². The Morgan fingerprint density at radius 3 is 2.69 bits per heavy atom. The summed E-state index contributed by atoms with van der Waals surface area (Å²) in [6, 6.07) is 0. The van der Waals surface area contributed by atoms with Crippen LogP contribution in [0, 0.1) is 0 Å². The number of nitrogens with one attached hydrogen (secondary N) is 1. The minimum absolute atomic E-state index is 0.296. The molecule has 3 nitrogen and oxygen atoms in total. The van der Waals surface area contributed by atoms with Crippen molar-refractivity contribution in [3.05, 3.63) is 0 Å². The summed E-state index contributed by atoms with van der Waals surface area (Å²) in [5.74, 6) is 0.549. The normalized spacial score (nSPS) is 25.2. The highest BCUT2D eigenvalue weighted by Gasteiger charge is 2.36. The second-order valence-electron chi connectivity index (χ2n) is 2.16. The zero-order valence-corrected chi connectivity index (χ0v) is 10.5. The Labute approximate surface area is 98.0 Å². The van der Waals surface area contributed by atoms with Gasteiger partial charge in [0.1, 0.15) is 5.04 Å². The van der Waals surface area contributed by atoms with Crippen molar-refractivity contribution in [1.82, 2.24) is 5.43 Å². The summed E-state index contributed by atoms with van der Waals surface area (Å²) >= 11 is 18.0. The van der Waals surface area contributed by atoms with Crippen LogP contribution in [0.2, 0.25) is 0 Å². The fourth-order valence-corrected chi connectivity index (χ4v) is 3.32. The molecule has 2 atom stereocenters. The number of hydrogen-bond donors (Lipinski definition) is 1. The number of halogens is 3. The first-order chi connectivity index (χ1) is 5.95. The van der Waals surface area contributed by atoms with Gasteiger partial charge >= 0.3 is 0 Å². The molecular weight excluding hydrogens is 275 g/mol. The lowest BCUT2D eigenvalue weighted by Crippen LogP contribution is -2.23. The molecule has 0 amide bonds. The summed E-state index contributed by atoms with van der Waals surface area (Å²) in [6.45, 7) is 1.83. The van der Waals surface area contributed by atoms with E-state index < -0.39 is 14.6 Å². The number of alkyl halides is 3. The molecule has 0 spiro atoms. The van der Waals surface area contributed by atoms with Gasteiger partial charge in [0, 0.05) is 5.75 Å². The third-order valence-corrected chi connectivity index (χ3v) is 5.15. The first kappa shape index (κ1) is 11.9. The Hall–Kier alpha value is 0.840. The standard InChI is InChI=1S/C5H7Cl3N2OS2/c1-2-13(11)4-10-9-3(12-4)5(6,7)8/h4,10H,2H2,1H3. The lowest BCUT2D eigenvalue weighted by molar-refractivity contribution is 0.674. The number of hydrazone groups is 1. The van der Waals surface area contributed by atoms with Crippen LogP contribution in [-0.2, 0) is 10.8 Å². The number of hydrogen-bond acceptors (Lipinski definition) is 4. The van der Waals surface area contributed by atoms with E-state index in [1.807, 2.05) is 6.92 Å². The maximum Gasteiger partial charge on any atom is 0.240 e. The third kappa shape index (κ3) is 3.16. The van der Waals surface area contributed by atoms with Gasteiger partial charge in [-0.15, -0.1) is 0 Å². The molecule has 1 N–H and O–H groups in total. The zero-order chi connectivity index (χ0) is 10.1. The highest BCUT2D eigenvalue weighted by atomic mass is 35.6. The largest absolute Gasteiger partial charge is 0.283 e. The van der Waals surface area contributed by atoms with Gasteiger partial charge in [0.15, 0.2) is 4.71 Å². The summed E-state index contributed by atoms with van der Waals surface area (Å²) in [6.07, 6.45) is 0. The molecule has 0 bridgehead atoms. The van der Waals surface area contributed by atoms with Gasteiger partial charge in [-0.05, 0) is 0 Å². The van der Waals surface area contributed by atoms with Crippen molar-refractivity contribution in [2.45, 2.75) is 15.4 Å². The van der Waals surface area contributed by atoms with Gasteiger partial charge in [-0.3, -0.25) is 9.63 Å². The van der Waals surface area contributed by atoms with E-state index in [1.54, 1.807) is 0 Å². The Morgan fingerprint density at radius 1 is 1.69 bits per heavy atom. The lowest BCUT2D eigenvalue weighted by atomic mass is 10.8. The lowest BCUT2D eigenvalue weighted by Gasteiger charge is -2.09. The van der Waals surface area contributed by atoms with E-state index >= 15 is 0 Å². The van der Waals surface area contributed by atoms with E-state index in [0.717, 1.165) is 0 Å². The van der Waals surface area contributed by atoms with Crippen molar-refractivity contribution in [2.24, 2.45) is 5.10 Å². The number of rotatable bonds is 2. The molecule has 13 heavy (non-hydrogen) atoms. The number of thioether (sulfide) groups is 1. The van der Waals surface area contributed by atoms with Crippen LogP contribution in [0.25, 0.3) is 0 Å². The van der Waals surface area contributed by atoms with E-state index in [4.69, 9.17) is 34.8 Å². The predicted octanol–water partition coefficient (Wildman–Crippen LogP) is 2.06. The second kappa shape index (κ2) is 4.57. The topological polar surface area (TPSA) is 41.5 Å². The summed E-state index contributed by atoms with van der Waals surface area (Å²) in [5, 5.41) is 4.14. The van der Waals surface area contributed by atoms with Crippen molar-refractivity contribution in [3.8, 4) is 0 Å². The fraction of sp³-hybridized carbons (Fsp3) is 0.800. The van der Waals surface area contributed by atoms with Crippen molar-refractivity contribution < 1.29 is 4.21 Å². The quantitative estimate of drug-likeness (QED) is 0.788. The minimum Gasteiger partial charge on any atom is -0.283 e. The zero-order valence-electron chi connectivity index (χ0n) is 6.59. The molecule has 1 rings (SSSR count). The van der Waals surface area contributed by atoms with Crippen molar-refractivity contribution in [2.75, 3.05) is 5.75 Å². The van der Waals surface area contributed by atoms with Gasteiger partial charge in [-0.1, -0.05) is 53.5 Å². The Kier molecular flexibility index (Phi) is 4.19. The average Bonchev–Trinajstić information content (AvgIpc) is 2.50. The van der Waals surface area contributed by atoms with Crippen molar-refractivity contribution >= 4 is 62.4 Å². The first-order valence-corrected chi connectivity index (χ1v) is 6.79. The molecule has 1 heterocycles. The summed E-state index contributed by atoms with van der Waals surface area (Å²) in [4.78, 5) is 0. The maximum absolute atomic E-state index is 11.3. The smallest absolute Gasteiger partial charge is 0.240 e. The summed E-state index contributed by atoms with van der Waals surface area (Å²) < 4.78 is 9.49. The second-order valence-corrected chi connectivity index (χ2v) is 7.65. The van der Waals surface area contributed by atoms with Crippen LogP contribution in [0.15, 0.2) is 5.10 Å². The third-order valence-electron chi connectivity index (χ3n) is 1.26. The first-order valence-electron chi connectivity index (χ1n) is 3.39. The molecule has 0 radical (unpaired) electrons. The molecule has 76 valence electrons. The molecular formula is C5H7Cl3N2OS2. The van der Waals surface area contributed by atoms with Crippen LogP contribution < -0.4 is 5.43 Å². The Balaban J connectivity index is 2.57. The minimum atomic E-state index is -1.52. The molecule has 0 fully saturated rings. The summed E-state index contributed by atoms with van der Waals surface area (Å²) in [7, 11) is -0.996. The Bertz CT molecular complexity index is 253. The summed E-state index contributed by atoms with van der Waals surface area (Å²) in [5.41, 5.74) is 2.66. The molecule has 0 aliphatic carbocycles. The predicted molar refractivity (Wildman–Crippen MR) is 60.9 cm³/mol. The van der Waals surface area contributed by atoms with Gasteiger partial charge in [-0.25, -0.2) is 0 Å². The maximum atomic E-state index is 11.3. The Morgan fingerprint density at radius 2 is 2.31 bits per heavy atom. The van der Waals surface area contributed by atoms with E-state index in [2.05, 4.69) is 10.5 Å². The fourth-order valence-electron chi connectivity index (χ4n) is 0.659. The molecule has 0 aromatic heterocycles. The van der Waals surface area contributed by atoms with E-state index in [1.165, 1.54) is 11.8 Å². The van der Waals surface area contributed by atoms with Crippen LogP contribution in [0.3, 0.4) is 0 Å². The molecule has 1 aliphatic heterocycles. The van der Waals surface area contributed by atoms with Gasteiger partial charge in [0.05, 0.1) is 10.8 Å².